The Morgan fingerprint density at radius 1 is 1.35 bits per heavy atom. The predicted octanol–water partition coefficient (Wildman–Crippen LogP) is 3.80. The number of hydrogen-bond acceptors (Lipinski definition) is 2. The highest BCUT2D eigenvalue weighted by Crippen LogP contribution is 2.34. The van der Waals surface area contributed by atoms with Gasteiger partial charge >= 0.3 is 0 Å². The van der Waals surface area contributed by atoms with Crippen molar-refractivity contribution in [3.05, 3.63) is 34.9 Å². The molecule has 0 amide bonds. The molecular formula is C13H16BrClO2. The van der Waals surface area contributed by atoms with Gasteiger partial charge in [-0.2, -0.15) is 0 Å². The molecule has 3 atom stereocenters. The molecule has 0 aliphatic heterocycles. The molecule has 0 bridgehead atoms. The molecule has 0 radical (unpaired) electrons. The lowest BCUT2D eigenvalue weighted by Gasteiger charge is -2.40. The third kappa shape index (κ3) is 3.22. The second-order valence-electron chi connectivity index (χ2n) is 4.11. The quantitative estimate of drug-likeness (QED) is 0.769. The SMILES string of the molecule is CCOC1C(Br)CC1OCc1ccccc1Cl. The van der Waals surface area contributed by atoms with Crippen molar-refractivity contribution in [1.29, 1.82) is 0 Å². The molecule has 0 saturated heterocycles. The maximum Gasteiger partial charge on any atom is 0.0962 e. The minimum absolute atomic E-state index is 0.169. The van der Waals surface area contributed by atoms with E-state index in [2.05, 4.69) is 15.9 Å². The number of rotatable bonds is 5. The molecule has 17 heavy (non-hydrogen) atoms. The first-order chi connectivity index (χ1) is 8.22. The maximum atomic E-state index is 6.07. The summed E-state index contributed by atoms with van der Waals surface area (Å²) in [5.74, 6) is 0. The molecule has 0 aromatic heterocycles. The Labute approximate surface area is 115 Å². The Morgan fingerprint density at radius 3 is 2.76 bits per heavy atom. The first-order valence-corrected chi connectivity index (χ1v) is 7.12. The van der Waals surface area contributed by atoms with Gasteiger partial charge in [-0.15, -0.1) is 0 Å². The summed E-state index contributed by atoms with van der Waals surface area (Å²) in [6.07, 6.45) is 1.34. The van der Waals surface area contributed by atoms with Crippen molar-refractivity contribution in [2.45, 2.75) is 37.0 Å². The van der Waals surface area contributed by atoms with Crippen LogP contribution in [0, 0.1) is 0 Å². The highest BCUT2D eigenvalue weighted by molar-refractivity contribution is 9.09. The van der Waals surface area contributed by atoms with E-state index in [0.717, 1.165) is 23.6 Å². The van der Waals surface area contributed by atoms with E-state index in [1.165, 1.54) is 0 Å². The smallest absolute Gasteiger partial charge is 0.0962 e. The number of benzene rings is 1. The lowest BCUT2D eigenvalue weighted by atomic mass is 9.91. The Kier molecular flexibility index (Phi) is 4.86. The van der Waals surface area contributed by atoms with E-state index < -0.39 is 0 Å². The molecule has 2 nitrogen and oxygen atoms in total. The molecule has 1 aliphatic carbocycles. The molecule has 1 saturated carbocycles. The summed E-state index contributed by atoms with van der Waals surface area (Å²) in [5, 5.41) is 0.759. The lowest BCUT2D eigenvalue weighted by Crippen LogP contribution is -2.50. The molecule has 1 aromatic carbocycles. The second kappa shape index (κ2) is 6.19. The number of alkyl halides is 1. The Morgan fingerprint density at radius 2 is 2.12 bits per heavy atom. The molecule has 1 fully saturated rings. The zero-order valence-electron chi connectivity index (χ0n) is 9.74. The molecule has 2 rings (SSSR count). The van der Waals surface area contributed by atoms with Crippen LogP contribution >= 0.6 is 27.5 Å². The Hall–Kier alpha value is -0.0900. The minimum atomic E-state index is 0.169. The number of hydrogen-bond donors (Lipinski definition) is 0. The topological polar surface area (TPSA) is 18.5 Å². The maximum absolute atomic E-state index is 6.07. The normalized spacial score (nSPS) is 27.8. The predicted molar refractivity (Wildman–Crippen MR) is 72.8 cm³/mol. The van der Waals surface area contributed by atoms with E-state index in [4.69, 9.17) is 21.1 Å². The summed E-state index contributed by atoms with van der Waals surface area (Å²) in [4.78, 5) is 0.415. The van der Waals surface area contributed by atoms with Gasteiger partial charge in [-0.3, -0.25) is 0 Å². The van der Waals surface area contributed by atoms with Gasteiger partial charge in [-0.1, -0.05) is 45.7 Å². The van der Waals surface area contributed by atoms with E-state index in [1.807, 2.05) is 31.2 Å². The van der Waals surface area contributed by atoms with Gasteiger partial charge < -0.3 is 9.47 Å². The van der Waals surface area contributed by atoms with Crippen LogP contribution < -0.4 is 0 Å². The molecular weight excluding hydrogens is 303 g/mol. The third-order valence-electron chi connectivity index (χ3n) is 2.95. The average molecular weight is 320 g/mol. The van der Waals surface area contributed by atoms with Crippen molar-refractivity contribution in [2.24, 2.45) is 0 Å². The van der Waals surface area contributed by atoms with Crippen molar-refractivity contribution in [2.75, 3.05) is 6.61 Å². The molecule has 3 unspecified atom stereocenters. The van der Waals surface area contributed by atoms with Crippen LogP contribution in [0.4, 0.5) is 0 Å². The first kappa shape index (κ1) is 13.3. The van der Waals surface area contributed by atoms with Gasteiger partial charge in [0.2, 0.25) is 0 Å². The van der Waals surface area contributed by atoms with Crippen LogP contribution in [0.15, 0.2) is 24.3 Å². The molecule has 1 aromatic rings. The third-order valence-corrected chi connectivity index (χ3v) is 4.21. The van der Waals surface area contributed by atoms with Crippen LogP contribution in [0.25, 0.3) is 0 Å². The summed E-state index contributed by atoms with van der Waals surface area (Å²) in [5.41, 5.74) is 1.03. The van der Waals surface area contributed by atoms with Gasteiger partial charge in [-0.05, 0) is 25.0 Å². The van der Waals surface area contributed by atoms with E-state index in [1.54, 1.807) is 0 Å². The monoisotopic (exact) mass is 318 g/mol. The second-order valence-corrected chi connectivity index (χ2v) is 5.70. The van der Waals surface area contributed by atoms with Crippen LogP contribution in [0.5, 0.6) is 0 Å². The molecule has 1 aliphatic rings. The van der Waals surface area contributed by atoms with Crippen LogP contribution in [-0.4, -0.2) is 23.6 Å². The van der Waals surface area contributed by atoms with E-state index in [9.17, 15) is 0 Å². The van der Waals surface area contributed by atoms with Crippen LogP contribution in [0.3, 0.4) is 0 Å². The molecule has 94 valence electrons. The summed E-state index contributed by atoms with van der Waals surface area (Å²) < 4.78 is 11.5. The highest BCUT2D eigenvalue weighted by Gasteiger charge is 2.41. The van der Waals surface area contributed by atoms with Gasteiger partial charge in [0, 0.05) is 16.5 Å². The van der Waals surface area contributed by atoms with Crippen LogP contribution in [-0.2, 0) is 16.1 Å². The molecule has 0 spiro atoms. The summed E-state index contributed by atoms with van der Waals surface area (Å²) in [6, 6.07) is 7.77. The van der Waals surface area contributed by atoms with Crippen molar-refractivity contribution in [3.8, 4) is 0 Å². The summed E-state index contributed by atoms with van der Waals surface area (Å²) in [7, 11) is 0. The largest absolute Gasteiger partial charge is 0.375 e. The molecule has 0 heterocycles. The number of halogens is 2. The van der Waals surface area contributed by atoms with Crippen LogP contribution in [0.2, 0.25) is 5.02 Å². The van der Waals surface area contributed by atoms with E-state index >= 15 is 0 Å². The van der Waals surface area contributed by atoms with Gasteiger partial charge in [0.1, 0.15) is 0 Å². The zero-order valence-corrected chi connectivity index (χ0v) is 12.1. The zero-order chi connectivity index (χ0) is 12.3. The number of ether oxygens (including phenoxy) is 2. The lowest BCUT2D eigenvalue weighted by molar-refractivity contribution is -0.124. The average Bonchev–Trinajstić information content (AvgIpc) is 2.33. The Bertz CT molecular complexity index is 372. The summed E-state index contributed by atoms with van der Waals surface area (Å²) in [6.45, 7) is 3.27. The standard InChI is InChI=1S/C13H16BrClO2/c1-2-16-13-10(14)7-12(13)17-8-9-5-3-4-6-11(9)15/h3-6,10,12-13H,2,7-8H2,1H3. The molecule has 4 heteroatoms. The van der Waals surface area contributed by atoms with Crippen molar-refractivity contribution in [3.63, 3.8) is 0 Å². The van der Waals surface area contributed by atoms with Gasteiger partial charge in [0.05, 0.1) is 18.8 Å². The van der Waals surface area contributed by atoms with Crippen molar-refractivity contribution in [1.82, 2.24) is 0 Å². The van der Waals surface area contributed by atoms with Crippen molar-refractivity contribution < 1.29 is 9.47 Å². The first-order valence-electron chi connectivity index (χ1n) is 5.83. The molecule has 0 N–H and O–H groups in total. The summed E-state index contributed by atoms with van der Waals surface area (Å²) >= 11 is 9.65. The fraction of sp³-hybridized carbons (Fsp3) is 0.538. The van der Waals surface area contributed by atoms with Crippen LogP contribution in [0.1, 0.15) is 18.9 Å². The van der Waals surface area contributed by atoms with Gasteiger partial charge in [0.25, 0.3) is 0 Å². The minimum Gasteiger partial charge on any atom is -0.375 e. The Balaban J connectivity index is 1.85. The fourth-order valence-corrected chi connectivity index (χ4v) is 2.96. The fourth-order valence-electron chi connectivity index (χ4n) is 1.91. The van der Waals surface area contributed by atoms with Gasteiger partial charge in [-0.25, -0.2) is 0 Å². The van der Waals surface area contributed by atoms with Gasteiger partial charge in [0.15, 0.2) is 0 Å². The van der Waals surface area contributed by atoms with E-state index in [0.29, 0.717) is 11.4 Å². The highest BCUT2D eigenvalue weighted by atomic mass is 79.9. The van der Waals surface area contributed by atoms with E-state index in [-0.39, 0.29) is 12.2 Å². The van der Waals surface area contributed by atoms with Crippen molar-refractivity contribution >= 4 is 27.5 Å².